The summed E-state index contributed by atoms with van der Waals surface area (Å²) in [5.74, 6) is -0.421. The Hall–Kier alpha value is -4.04. The molecule has 8 heteroatoms. The first-order valence-corrected chi connectivity index (χ1v) is 11.2. The van der Waals surface area contributed by atoms with Crippen LogP contribution in [-0.2, 0) is 19.4 Å². The highest BCUT2D eigenvalue weighted by Gasteiger charge is 2.18. The molecule has 2 heterocycles. The monoisotopic (exact) mass is 454 g/mol. The van der Waals surface area contributed by atoms with Crippen LogP contribution in [0.2, 0.25) is 0 Å². The molecule has 1 amide bonds. The minimum atomic E-state index is -0.776. The number of nitrogens with zero attached hydrogens (tertiary/aromatic N) is 4. The lowest BCUT2D eigenvalue weighted by molar-refractivity contribution is 0.0999. The van der Waals surface area contributed by atoms with Gasteiger partial charge in [0, 0.05) is 30.3 Å². The maximum Gasteiger partial charge on any atom is 0.254 e. The summed E-state index contributed by atoms with van der Waals surface area (Å²) in [5.41, 5.74) is 10.8. The number of amides is 1. The molecule has 5 rings (SSSR count). The van der Waals surface area contributed by atoms with Crippen LogP contribution in [0.3, 0.4) is 0 Å². The number of pyridine rings is 1. The van der Waals surface area contributed by atoms with Crippen LogP contribution in [0.5, 0.6) is 0 Å². The van der Waals surface area contributed by atoms with Gasteiger partial charge in [0.1, 0.15) is 5.56 Å². The zero-order chi connectivity index (χ0) is 23.8. The van der Waals surface area contributed by atoms with E-state index in [-0.39, 0.29) is 10.9 Å². The smallest absolute Gasteiger partial charge is 0.254 e. The van der Waals surface area contributed by atoms with E-state index in [4.69, 9.17) is 5.73 Å². The number of carbonyl (C=O) groups excluding carboxylic acids is 1. The highest BCUT2D eigenvalue weighted by atomic mass is 16.2. The van der Waals surface area contributed by atoms with Gasteiger partial charge in [0.2, 0.25) is 11.4 Å². The second-order valence-electron chi connectivity index (χ2n) is 8.90. The summed E-state index contributed by atoms with van der Waals surface area (Å²) >= 11 is 0. The molecule has 1 aliphatic carbocycles. The number of rotatable bonds is 6. The van der Waals surface area contributed by atoms with Crippen LogP contribution in [0.15, 0.2) is 59.7 Å². The lowest BCUT2D eigenvalue weighted by atomic mass is 10.1. The fraction of sp³-hybridized carbons (Fsp3) is 0.231. The topological polar surface area (TPSA) is 106 Å². The molecule has 34 heavy (non-hydrogen) atoms. The Morgan fingerprint density at radius 2 is 1.88 bits per heavy atom. The van der Waals surface area contributed by atoms with E-state index in [2.05, 4.69) is 32.3 Å². The van der Waals surface area contributed by atoms with Crippen molar-refractivity contribution in [2.24, 2.45) is 5.73 Å². The molecular weight excluding hydrogens is 428 g/mol. The minimum Gasteiger partial charge on any atom is -0.365 e. The van der Waals surface area contributed by atoms with Gasteiger partial charge in [0.05, 0.1) is 5.39 Å². The fourth-order valence-electron chi connectivity index (χ4n) is 4.44. The standard InChI is InChI=1S/C26H26N6O2/c1-31(2)14-16-6-9-19(10-7-16)29-26-28-13-21-23(33)22(24(27)34)15-32(25(21)30-26)20-11-8-17-4-3-5-18(17)12-20/h6-13,15H,3-5,14H2,1-2H3,(H2,27,34)(H,28,29,30). The molecule has 8 nitrogen and oxygen atoms in total. The molecule has 0 saturated carbocycles. The number of fused-ring (bicyclic) bond motifs is 2. The van der Waals surface area contributed by atoms with Crippen molar-refractivity contribution in [3.05, 3.63) is 87.3 Å². The van der Waals surface area contributed by atoms with E-state index in [0.29, 0.717) is 11.6 Å². The number of aryl methyl sites for hydroxylation is 2. The second kappa shape index (κ2) is 8.72. The van der Waals surface area contributed by atoms with Gasteiger partial charge < -0.3 is 20.5 Å². The molecule has 0 spiro atoms. The van der Waals surface area contributed by atoms with Crippen LogP contribution in [0, 0.1) is 0 Å². The van der Waals surface area contributed by atoms with E-state index in [1.807, 2.05) is 44.4 Å². The molecule has 2 aromatic heterocycles. The number of anilines is 2. The first kappa shape index (κ1) is 21.8. The van der Waals surface area contributed by atoms with Crippen molar-refractivity contribution in [1.82, 2.24) is 19.4 Å². The number of benzene rings is 2. The molecular formula is C26H26N6O2. The fourth-order valence-corrected chi connectivity index (χ4v) is 4.44. The Morgan fingerprint density at radius 1 is 1.12 bits per heavy atom. The first-order chi connectivity index (χ1) is 16.4. The van der Waals surface area contributed by atoms with E-state index in [0.717, 1.165) is 37.2 Å². The van der Waals surface area contributed by atoms with Crippen LogP contribution in [0.25, 0.3) is 16.7 Å². The summed E-state index contributed by atoms with van der Waals surface area (Å²) in [5, 5.41) is 3.45. The molecule has 0 aliphatic heterocycles. The van der Waals surface area contributed by atoms with E-state index >= 15 is 0 Å². The SMILES string of the molecule is CN(C)Cc1ccc(Nc2ncc3c(=O)c(C(N)=O)cn(-c4ccc5c(c4)CCC5)c3n2)cc1. The first-order valence-electron chi connectivity index (χ1n) is 11.2. The largest absolute Gasteiger partial charge is 0.365 e. The molecule has 4 aromatic rings. The highest BCUT2D eigenvalue weighted by Crippen LogP contribution is 2.26. The summed E-state index contributed by atoms with van der Waals surface area (Å²) in [7, 11) is 4.05. The predicted octanol–water partition coefficient (Wildman–Crippen LogP) is 3.17. The van der Waals surface area contributed by atoms with Crippen LogP contribution in [0.4, 0.5) is 11.6 Å². The zero-order valence-corrected chi connectivity index (χ0v) is 19.2. The number of nitrogens with two attached hydrogens (primary N) is 1. The van der Waals surface area contributed by atoms with Gasteiger partial charge in [-0.05, 0) is 74.3 Å². The Morgan fingerprint density at radius 3 is 2.62 bits per heavy atom. The molecule has 0 bridgehead atoms. The third-order valence-corrected chi connectivity index (χ3v) is 6.08. The van der Waals surface area contributed by atoms with Crippen molar-refractivity contribution in [1.29, 1.82) is 0 Å². The number of nitrogens with one attached hydrogen (secondary N) is 1. The van der Waals surface area contributed by atoms with E-state index in [1.54, 1.807) is 4.57 Å². The zero-order valence-electron chi connectivity index (χ0n) is 19.2. The molecule has 172 valence electrons. The summed E-state index contributed by atoms with van der Waals surface area (Å²) < 4.78 is 1.75. The van der Waals surface area contributed by atoms with E-state index in [1.165, 1.54) is 29.1 Å². The molecule has 0 fully saturated rings. The minimum absolute atomic E-state index is 0.0891. The van der Waals surface area contributed by atoms with Crippen LogP contribution in [0.1, 0.15) is 33.5 Å². The molecule has 0 unspecified atom stereocenters. The molecule has 1 aliphatic rings. The molecule has 3 N–H and O–H groups in total. The van der Waals surface area contributed by atoms with Gasteiger partial charge in [-0.15, -0.1) is 0 Å². The number of aromatic nitrogens is 3. The third kappa shape index (κ3) is 4.15. The summed E-state index contributed by atoms with van der Waals surface area (Å²) in [6.45, 7) is 0.849. The van der Waals surface area contributed by atoms with Gasteiger partial charge in [-0.2, -0.15) is 4.98 Å². The van der Waals surface area contributed by atoms with Crippen molar-refractivity contribution < 1.29 is 4.79 Å². The Labute approximate surface area is 197 Å². The van der Waals surface area contributed by atoms with E-state index in [9.17, 15) is 9.59 Å². The summed E-state index contributed by atoms with van der Waals surface area (Å²) in [6.07, 6.45) is 6.13. The number of carbonyl (C=O) groups is 1. The molecule has 2 aromatic carbocycles. The number of hydrogen-bond acceptors (Lipinski definition) is 6. The predicted molar refractivity (Wildman–Crippen MR) is 133 cm³/mol. The molecule has 0 atom stereocenters. The van der Waals surface area contributed by atoms with Gasteiger partial charge in [0.15, 0.2) is 5.65 Å². The second-order valence-corrected chi connectivity index (χ2v) is 8.90. The Balaban J connectivity index is 1.59. The quantitative estimate of drug-likeness (QED) is 0.464. The number of primary amides is 1. The van der Waals surface area contributed by atoms with Crippen molar-refractivity contribution >= 4 is 28.6 Å². The van der Waals surface area contributed by atoms with E-state index < -0.39 is 11.3 Å². The molecule has 0 radical (unpaired) electrons. The number of hydrogen-bond donors (Lipinski definition) is 2. The third-order valence-electron chi connectivity index (χ3n) is 6.08. The molecule has 0 saturated heterocycles. The maximum atomic E-state index is 12.9. The van der Waals surface area contributed by atoms with Crippen molar-refractivity contribution in [2.75, 3.05) is 19.4 Å². The summed E-state index contributed by atoms with van der Waals surface area (Å²) in [4.78, 5) is 36.0. The Kier molecular flexibility index (Phi) is 5.59. The highest BCUT2D eigenvalue weighted by molar-refractivity contribution is 5.96. The van der Waals surface area contributed by atoms with Gasteiger partial charge in [-0.1, -0.05) is 18.2 Å². The average molecular weight is 455 g/mol. The Bertz CT molecular complexity index is 1460. The van der Waals surface area contributed by atoms with Gasteiger partial charge >= 0.3 is 0 Å². The maximum absolute atomic E-state index is 12.9. The van der Waals surface area contributed by atoms with Crippen molar-refractivity contribution in [2.45, 2.75) is 25.8 Å². The van der Waals surface area contributed by atoms with Crippen molar-refractivity contribution in [3.63, 3.8) is 0 Å². The van der Waals surface area contributed by atoms with Crippen molar-refractivity contribution in [3.8, 4) is 5.69 Å². The average Bonchev–Trinajstić information content (AvgIpc) is 3.28. The summed E-state index contributed by atoms with van der Waals surface area (Å²) in [6, 6.07) is 14.2. The lowest BCUT2D eigenvalue weighted by Gasteiger charge is -2.14. The van der Waals surface area contributed by atoms with Gasteiger partial charge in [-0.3, -0.25) is 9.59 Å². The van der Waals surface area contributed by atoms with Crippen LogP contribution < -0.4 is 16.5 Å². The normalized spacial score (nSPS) is 12.8. The van der Waals surface area contributed by atoms with Gasteiger partial charge in [-0.25, -0.2) is 4.98 Å². The van der Waals surface area contributed by atoms with Gasteiger partial charge in [0.25, 0.3) is 5.91 Å². The lowest BCUT2D eigenvalue weighted by Crippen LogP contribution is -2.24. The van der Waals surface area contributed by atoms with Crippen LogP contribution >= 0.6 is 0 Å². The van der Waals surface area contributed by atoms with Crippen LogP contribution in [-0.4, -0.2) is 39.4 Å².